The number of carbonyl (C=O) groups excluding carboxylic acids is 1. The van der Waals surface area contributed by atoms with Gasteiger partial charge >= 0.3 is 5.97 Å². The van der Waals surface area contributed by atoms with Crippen LogP contribution in [0, 0.1) is 0 Å². The summed E-state index contributed by atoms with van der Waals surface area (Å²) in [5.41, 5.74) is 1.33. The van der Waals surface area contributed by atoms with Gasteiger partial charge in [-0.3, -0.25) is 4.79 Å². The van der Waals surface area contributed by atoms with E-state index < -0.39 is 0 Å². The largest absolute Gasteiger partial charge is 0.468 e. The van der Waals surface area contributed by atoms with E-state index in [-0.39, 0.29) is 10.7 Å². The summed E-state index contributed by atoms with van der Waals surface area (Å²) >= 11 is 1.64. The molecule has 2 nitrogen and oxygen atoms in total. The molecule has 0 bridgehead atoms. The molecule has 0 aromatic heterocycles. The molecule has 1 saturated carbocycles. The van der Waals surface area contributed by atoms with E-state index in [4.69, 9.17) is 4.74 Å². The van der Waals surface area contributed by atoms with Gasteiger partial charge in [-0.1, -0.05) is 26.0 Å². The lowest BCUT2D eigenvalue weighted by Crippen LogP contribution is -2.19. The smallest absolute Gasteiger partial charge is 0.322 e. The first kappa shape index (κ1) is 12.5. The van der Waals surface area contributed by atoms with Gasteiger partial charge in [0.05, 0.1) is 7.11 Å². The van der Waals surface area contributed by atoms with E-state index in [2.05, 4.69) is 38.1 Å². The van der Waals surface area contributed by atoms with Crippen molar-refractivity contribution in [2.75, 3.05) is 7.11 Å². The Bertz CT molecular complexity index is 405. The molecule has 0 aliphatic heterocycles. The zero-order valence-electron chi connectivity index (χ0n) is 10.5. The molecule has 17 heavy (non-hydrogen) atoms. The Labute approximate surface area is 107 Å². The first-order valence-electron chi connectivity index (χ1n) is 5.95. The maximum Gasteiger partial charge on any atom is 0.322 e. The molecule has 92 valence electrons. The van der Waals surface area contributed by atoms with Crippen molar-refractivity contribution in [2.45, 2.75) is 42.2 Å². The molecule has 2 rings (SSSR count). The maximum absolute atomic E-state index is 11.6. The highest BCUT2D eigenvalue weighted by Crippen LogP contribution is 2.52. The van der Waals surface area contributed by atoms with Crippen LogP contribution in [0.3, 0.4) is 0 Å². The molecule has 1 aromatic carbocycles. The van der Waals surface area contributed by atoms with Crippen LogP contribution >= 0.6 is 11.8 Å². The molecule has 0 N–H and O–H groups in total. The van der Waals surface area contributed by atoms with Gasteiger partial charge in [-0.25, -0.2) is 0 Å². The molecule has 0 atom stereocenters. The third-order valence-corrected chi connectivity index (χ3v) is 4.60. The summed E-state index contributed by atoms with van der Waals surface area (Å²) in [6, 6.07) is 8.48. The van der Waals surface area contributed by atoms with Crippen molar-refractivity contribution in [3.63, 3.8) is 0 Å². The minimum absolute atomic E-state index is 0.0876. The molecule has 0 amide bonds. The Hall–Kier alpha value is -0.960. The summed E-state index contributed by atoms with van der Waals surface area (Å²) in [5, 5.41) is 0. The Morgan fingerprint density at radius 1 is 1.29 bits per heavy atom. The number of esters is 1. The number of methoxy groups -OCH3 is 1. The molecule has 0 saturated heterocycles. The Morgan fingerprint density at radius 3 is 2.29 bits per heavy atom. The van der Waals surface area contributed by atoms with Crippen molar-refractivity contribution in [1.82, 2.24) is 0 Å². The molecule has 1 aliphatic rings. The predicted molar refractivity (Wildman–Crippen MR) is 70.4 cm³/mol. The van der Waals surface area contributed by atoms with Crippen molar-refractivity contribution < 1.29 is 9.53 Å². The lowest BCUT2D eigenvalue weighted by molar-refractivity contribution is -0.140. The highest BCUT2D eigenvalue weighted by Gasteiger charge is 2.52. The molecule has 1 aromatic rings. The first-order chi connectivity index (χ1) is 8.07. The second-order valence-electron chi connectivity index (χ2n) is 4.81. The highest BCUT2D eigenvalue weighted by atomic mass is 32.2. The van der Waals surface area contributed by atoms with E-state index in [1.807, 2.05) is 0 Å². The third kappa shape index (κ3) is 2.65. The molecule has 0 heterocycles. The molecule has 1 aliphatic carbocycles. The number of hydrogen-bond donors (Lipinski definition) is 0. The van der Waals surface area contributed by atoms with Crippen LogP contribution in [0.15, 0.2) is 29.2 Å². The van der Waals surface area contributed by atoms with Gasteiger partial charge in [-0.2, -0.15) is 0 Å². The second-order valence-corrected chi connectivity index (χ2v) is 6.27. The molecule has 0 unspecified atom stereocenters. The molecular formula is C14H18O2S. The van der Waals surface area contributed by atoms with Crippen molar-refractivity contribution in [2.24, 2.45) is 0 Å². The summed E-state index contributed by atoms with van der Waals surface area (Å²) in [7, 11) is 1.46. The van der Waals surface area contributed by atoms with E-state index in [1.54, 1.807) is 11.8 Å². The molecule has 0 spiro atoms. The molecule has 1 fully saturated rings. The van der Waals surface area contributed by atoms with Gasteiger partial charge in [0.2, 0.25) is 0 Å². The average Bonchev–Trinajstić information content (AvgIpc) is 3.09. The van der Waals surface area contributed by atoms with E-state index in [1.165, 1.54) is 12.7 Å². The topological polar surface area (TPSA) is 26.3 Å². The Balaban J connectivity index is 2.07. The van der Waals surface area contributed by atoms with Crippen LogP contribution in [0.5, 0.6) is 0 Å². The van der Waals surface area contributed by atoms with Crippen LogP contribution in [0.2, 0.25) is 0 Å². The van der Waals surface area contributed by atoms with Crippen molar-refractivity contribution in [1.29, 1.82) is 0 Å². The molecule has 3 heteroatoms. The standard InChI is InChI=1S/C14H18O2S/c1-10(2)11-4-6-12(7-5-11)17-14(8-9-14)13(15)16-3/h4-7,10H,8-9H2,1-3H3. The fraction of sp³-hybridized carbons (Fsp3) is 0.500. The van der Waals surface area contributed by atoms with Gasteiger partial charge in [0.1, 0.15) is 4.75 Å². The zero-order valence-corrected chi connectivity index (χ0v) is 11.3. The Morgan fingerprint density at radius 2 is 1.88 bits per heavy atom. The number of rotatable bonds is 4. The normalized spacial score (nSPS) is 16.9. The minimum atomic E-state index is -0.298. The number of benzene rings is 1. The van der Waals surface area contributed by atoms with E-state index in [0.29, 0.717) is 5.92 Å². The fourth-order valence-electron chi connectivity index (χ4n) is 1.79. The SMILES string of the molecule is COC(=O)C1(Sc2ccc(C(C)C)cc2)CC1. The predicted octanol–water partition coefficient (Wildman–Crippen LogP) is 3.61. The highest BCUT2D eigenvalue weighted by molar-refractivity contribution is 8.01. The van der Waals surface area contributed by atoms with Crippen molar-refractivity contribution >= 4 is 17.7 Å². The number of thioether (sulfide) groups is 1. The summed E-state index contributed by atoms with van der Waals surface area (Å²) < 4.78 is 4.55. The number of hydrogen-bond acceptors (Lipinski definition) is 3. The summed E-state index contributed by atoms with van der Waals surface area (Å²) in [6.07, 6.45) is 1.85. The van der Waals surface area contributed by atoms with Gasteiger partial charge in [-0.05, 0) is 36.5 Å². The van der Waals surface area contributed by atoms with Crippen LogP contribution in [0.1, 0.15) is 38.2 Å². The molecular weight excluding hydrogens is 232 g/mol. The van der Waals surface area contributed by atoms with Gasteiger partial charge in [0, 0.05) is 4.90 Å². The number of ether oxygens (including phenoxy) is 1. The van der Waals surface area contributed by atoms with E-state index in [9.17, 15) is 4.79 Å². The quantitative estimate of drug-likeness (QED) is 0.764. The van der Waals surface area contributed by atoms with E-state index >= 15 is 0 Å². The van der Waals surface area contributed by atoms with Crippen LogP contribution in [0.4, 0.5) is 0 Å². The van der Waals surface area contributed by atoms with Gasteiger partial charge in [0.15, 0.2) is 0 Å². The monoisotopic (exact) mass is 250 g/mol. The fourth-order valence-corrected chi connectivity index (χ4v) is 2.99. The lowest BCUT2D eigenvalue weighted by atomic mass is 10.0. The first-order valence-corrected chi connectivity index (χ1v) is 6.76. The Kier molecular flexibility index (Phi) is 3.48. The molecule has 0 radical (unpaired) electrons. The minimum Gasteiger partial charge on any atom is -0.468 e. The van der Waals surface area contributed by atoms with Crippen molar-refractivity contribution in [3.8, 4) is 0 Å². The lowest BCUT2D eigenvalue weighted by Gasteiger charge is -2.12. The summed E-state index contributed by atoms with van der Waals surface area (Å²) in [4.78, 5) is 12.8. The summed E-state index contributed by atoms with van der Waals surface area (Å²) in [5.74, 6) is 0.458. The van der Waals surface area contributed by atoms with E-state index in [0.717, 1.165) is 17.7 Å². The van der Waals surface area contributed by atoms with Crippen LogP contribution in [-0.4, -0.2) is 17.8 Å². The summed E-state index contributed by atoms with van der Waals surface area (Å²) in [6.45, 7) is 4.36. The zero-order chi connectivity index (χ0) is 12.5. The average molecular weight is 250 g/mol. The van der Waals surface area contributed by atoms with Crippen LogP contribution < -0.4 is 0 Å². The maximum atomic E-state index is 11.6. The van der Waals surface area contributed by atoms with Gasteiger partial charge in [0.25, 0.3) is 0 Å². The van der Waals surface area contributed by atoms with Gasteiger partial charge < -0.3 is 4.74 Å². The second kappa shape index (κ2) is 4.73. The number of carbonyl (C=O) groups is 1. The van der Waals surface area contributed by atoms with Crippen molar-refractivity contribution in [3.05, 3.63) is 29.8 Å². The third-order valence-electron chi connectivity index (χ3n) is 3.12. The van der Waals surface area contributed by atoms with Crippen LogP contribution in [-0.2, 0) is 9.53 Å². The van der Waals surface area contributed by atoms with Gasteiger partial charge in [-0.15, -0.1) is 11.8 Å². The van der Waals surface area contributed by atoms with Crippen LogP contribution in [0.25, 0.3) is 0 Å².